The second-order valence-electron chi connectivity index (χ2n) is 3.83. The highest BCUT2D eigenvalue weighted by Gasteiger charge is 2.25. The molecule has 0 atom stereocenters. The van der Waals surface area contributed by atoms with E-state index in [1.807, 2.05) is 0 Å². The average Bonchev–Trinajstić information content (AvgIpc) is 2.36. The van der Waals surface area contributed by atoms with Crippen molar-refractivity contribution in [2.75, 3.05) is 5.32 Å². The van der Waals surface area contributed by atoms with Gasteiger partial charge in [-0.2, -0.15) is 5.26 Å². The van der Waals surface area contributed by atoms with Crippen LogP contribution in [0.4, 0.5) is 5.82 Å². The molecule has 4 nitrogen and oxygen atoms in total. The van der Waals surface area contributed by atoms with E-state index in [1.54, 1.807) is 6.20 Å². The molecule has 1 rings (SSSR count). The van der Waals surface area contributed by atoms with Gasteiger partial charge in [0, 0.05) is 17.9 Å². The van der Waals surface area contributed by atoms with E-state index in [0.717, 1.165) is 19.3 Å². The molecule has 1 N–H and O–H groups in total. The number of rotatable bonds is 5. The van der Waals surface area contributed by atoms with Crippen molar-refractivity contribution in [3.05, 3.63) is 18.1 Å². The van der Waals surface area contributed by atoms with Crippen LogP contribution in [0.15, 0.2) is 12.4 Å². The van der Waals surface area contributed by atoms with E-state index >= 15 is 0 Å². The smallest absolute Gasteiger partial charge is 0.182 e. The Morgan fingerprint density at radius 3 is 2.25 bits per heavy atom. The van der Waals surface area contributed by atoms with Gasteiger partial charge in [-0.1, -0.05) is 20.8 Å². The van der Waals surface area contributed by atoms with E-state index in [1.165, 1.54) is 6.20 Å². The first-order valence-electron chi connectivity index (χ1n) is 5.70. The number of nitriles is 1. The molecule has 0 unspecified atom stereocenters. The molecule has 0 saturated carbocycles. The predicted molar refractivity (Wildman–Crippen MR) is 64.0 cm³/mol. The quantitative estimate of drug-likeness (QED) is 0.825. The Bertz CT molecular complexity index is 369. The molecule has 0 aliphatic rings. The molecule has 1 aromatic heterocycles. The second-order valence-corrected chi connectivity index (χ2v) is 3.83. The molecule has 0 aliphatic heterocycles. The standard InChI is InChI=1S/C12H18N4/c1-4-12(5-2,6-3)16-11-10(9-13)14-7-8-15-11/h7-8H,4-6H2,1-3H3,(H,15,16). The van der Waals surface area contributed by atoms with E-state index in [9.17, 15) is 0 Å². The number of hydrogen-bond acceptors (Lipinski definition) is 4. The Morgan fingerprint density at radius 2 is 1.75 bits per heavy atom. The lowest BCUT2D eigenvalue weighted by Crippen LogP contribution is -2.36. The summed E-state index contributed by atoms with van der Waals surface area (Å²) in [6.07, 6.45) is 6.15. The van der Waals surface area contributed by atoms with Gasteiger partial charge in [0.25, 0.3) is 0 Å². The van der Waals surface area contributed by atoms with Crippen LogP contribution in [-0.4, -0.2) is 15.5 Å². The average molecular weight is 218 g/mol. The summed E-state index contributed by atoms with van der Waals surface area (Å²) >= 11 is 0. The van der Waals surface area contributed by atoms with Crippen molar-refractivity contribution in [3.63, 3.8) is 0 Å². The first-order valence-corrected chi connectivity index (χ1v) is 5.70. The summed E-state index contributed by atoms with van der Waals surface area (Å²) in [5, 5.41) is 12.3. The molecule has 0 saturated heterocycles. The topological polar surface area (TPSA) is 61.6 Å². The number of anilines is 1. The van der Waals surface area contributed by atoms with Gasteiger partial charge in [0.15, 0.2) is 11.5 Å². The van der Waals surface area contributed by atoms with Crippen molar-refractivity contribution in [2.24, 2.45) is 0 Å². The third-order valence-electron chi connectivity index (χ3n) is 3.22. The minimum atomic E-state index is 0.0155. The molecule has 0 aromatic carbocycles. The van der Waals surface area contributed by atoms with Crippen LogP contribution >= 0.6 is 0 Å². The summed E-state index contributed by atoms with van der Waals surface area (Å²) in [7, 11) is 0. The van der Waals surface area contributed by atoms with Crippen molar-refractivity contribution in [1.82, 2.24) is 9.97 Å². The summed E-state index contributed by atoms with van der Waals surface area (Å²) in [6.45, 7) is 6.42. The Morgan fingerprint density at radius 1 is 1.19 bits per heavy atom. The van der Waals surface area contributed by atoms with Gasteiger partial charge in [0.1, 0.15) is 6.07 Å². The van der Waals surface area contributed by atoms with Crippen molar-refractivity contribution >= 4 is 5.82 Å². The molecule has 0 bridgehead atoms. The van der Waals surface area contributed by atoms with E-state index in [0.29, 0.717) is 11.5 Å². The van der Waals surface area contributed by atoms with Gasteiger partial charge in [0.2, 0.25) is 0 Å². The van der Waals surface area contributed by atoms with Crippen LogP contribution < -0.4 is 5.32 Å². The van der Waals surface area contributed by atoms with Crippen molar-refractivity contribution < 1.29 is 0 Å². The zero-order valence-corrected chi connectivity index (χ0v) is 10.1. The third kappa shape index (κ3) is 2.48. The highest BCUT2D eigenvalue weighted by atomic mass is 15.1. The molecule has 4 heteroatoms. The molecular weight excluding hydrogens is 200 g/mol. The molecule has 0 spiro atoms. The lowest BCUT2D eigenvalue weighted by Gasteiger charge is -2.32. The molecule has 0 radical (unpaired) electrons. The molecule has 1 heterocycles. The van der Waals surface area contributed by atoms with Crippen molar-refractivity contribution in [1.29, 1.82) is 5.26 Å². The zero-order chi connectivity index (χ0) is 12.0. The van der Waals surface area contributed by atoms with Gasteiger partial charge in [-0.05, 0) is 19.3 Å². The Kier molecular flexibility index (Phi) is 4.24. The predicted octanol–water partition coefficient (Wildman–Crippen LogP) is 2.73. The zero-order valence-electron chi connectivity index (χ0n) is 10.1. The highest BCUT2D eigenvalue weighted by molar-refractivity contribution is 5.48. The maximum absolute atomic E-state index is 8.94. The van der Waals surface area contributed by atoms with Crippen molar-refractivity contribution in [2.45, 2.75) is 45.6 Å². The molecule has 16 heavy (non-hydrogen) atoms. The third-order valence-corrected chi connectivity index (χ3v) is 3.22. The largest absolute Gasteiger partial charge is 0.362 e. The first kappa shape index (κ1) is 12.4. The summed E-state index contributed by atoms with van der Waals surface area (Å²) < 4.78 is 0. The summed E-state index contributed by atoms with van der Waals surface area (Å²) in [4.78, 5) is 8.18. The van der Waals surface area contributed by atoms with Crippen LogP contribution in [0.5, 0.6) is 0 Å². The monoisotopic (exact) mass is 218 g/mol. The minimum Gasteiger partial charge on any atom is -0.362 e. The fourth-order valence-corrected chi connectivity index (χ4v) is 1.78. The van der Waals surface area contributed by atoms with E-state index in [2.05, 4.69) is 42.1 Å². The SMILES string of the molecule is CCC(CC)(CC)Nc1nccnc1C#N. The number of aromatic nitrogens is 2. The van der Waals surface area contributed by atoms with Gasteiger partial charge in [0.05, 0.1) is 0 Å². The van der Waals surface area contributed by atoms with Crippen LogP contribution in [0.1, 0.15) is 45.7 Å². The van der Waals surface area contributed by atoms with Crippen LogP contribution in [0, 0.1) is 11.3 Å². The van der Waals surface area contributed by atoms with Gasteiger partial charge in [-0.3, -0.25) is 0 Å². The molecule has 0 amide bonds. The van der Waals surface area contributed by atoms with E-state index in [4.69, 9.17) is 5.26 Å². The lowest BCUT2D eigenvalue weighted by atomic mass is 9.90. The first-order chi connectivity index (χ1) is 7.71. The molecule has 86 valence electrons. The number of nitrogens with one attached hydrogen (secondary N) is 1. The van der Waals surface area contributed by atoms with Crippen molar-refractivity contribution in [3.8, 4) is 6.07 Å². The fraction of sp³-hybridized carbons (Fsp3) is 0.583. The van der Waals surface area contributed by atoms with Crippen LogP contribution in [0.3, 0.4) is 0 Å². The van der Waals surface area contributed by atoms with E-state index < -0.39 is 0 Å². The summed E-state index contributed by atoms with van der Waals surface area (Å²) in [5.41, 5.74) is 0.379. The molecule has 1 aromatic rings. The Balaban J connectivity index is 2.99. The second kappa shape index (κ2) is 5.45. The number of nitrogens with zero attached hydrogens (tertiary/aromatic N) is 3. The van der Waals surface area contributed by atoms with Gasteiger partial charge in [-0.25, -0.2) is 9.97 Å². The normalized spacial score (nSPS) is 10.9. The van der Waals surface area contributed by atoms with Gasteiger partial charge in [-0.15, -0.1) is 0 Å². The molecular formula is C12H18N4. The Hall–Kier alpha value is -1.63. The summed E-state index contributed by atoms with van der Waals surface area (Å²) in [6, 6.07) is 2.05. The maximum Gasteiger partial charge on any atom is 0.182 e. The molecule has 0 fully saturated rings. The van der Waals surface area contributed by atoms with Crippen LogP contribution in [0.2, 0.25) is 0 Å². The number of hydrogen-bond donors (Lipinski definition) is 1. The van der Waals surface area contributed by atoms with E-state index in [-0.39, 0.29) is 5.54 Å². The maximum atomic E-state index is 8.94. The van der Waals surface area contributed by atoms with Crippen LogP contribution in [-0.2, 0) is 0 Å². The lowest BCUT2D eigenvalue weighted by molar-refractivity contribution is 0.418. The van der Waals surface area contributed by atoms with Gasteiger partial charge >= 0.3 is 0 Å². The minimum absolute atomic E-state index is 0.0155. The van der Waals surface area contributed by atoms with Gasteiger partial charge < -0.3 is 5.32 Å². The Labute approximate surface area is 96.7 Å². The molecule has 0 aliphatic carbocycles. The summed E-state index contributed by atoms with van der Waals surface area (Å²) in [5.74, 6) is 0.593. The highest BCUT2D eigenvalue weighted by Crippen LogP contribution is 2.25. The fourth-order valence-electron chi connectivity index (χ4n) is 1.78. The van der Waals surface area contributed by atoms with Crippen LogP contribution in [0.25, 0.3) is 0 Å².